The molecular formula is C12H13ClN2S. The Kier molecular flexibility index (Phi) is 3.32. The molecular weight excluding hydrogens is 240 g/mol. The van der Waals surface area contributed by atoms with E-state index in [9.17, 15) is 0 Å². The average molecular weight is 253 g/mol. The summed E-state index contributed by atoms with van der Waals surface area (Å²) in [5.74, 6) is 0. The molecule has 0 radical (unpaired) electrons. The van der Waals surface area contributed by atoms with E-state index in [1.165, 1.54) is 12.8 Å². The highest BCUT2D eigenvalue weighted by Crippen LogP contribution is 2.47. The predicted molar refractivity (Wildman–Crippen MR) is 70.1 cm³/mol. The lowest BCUT2D eigenvalue weighted by Crippen LogP contribution is -2.17. The van der Waals surface area contributed by atoms with Crippen molar-refractivity contribution in [2.75, 3.05) is 18.1 Å². The zero-order valence-electron chi connectivity index (χ0n) is 9.09. The normalized spacial score (nSPS) is 16.6. The second-order valence-electron chi connectivity index (χ2n) is 4.05. The van der Waals surface area contributed by atoms with Gasteiger partial charge in [0.1, 0.15) is 6.07 Å². The fraction of sp³-hybridized carbons (Fsp3) is 0.417. The molecule has 1 aliphatic rings. The molecule has 0 heterocycles. The van der Waals surface area contributed by atoms with Gasteiger partial charge in [-0.15, -0.1) is 0 Å². The largest absolute Gasteiger partial charge is 0.384 e. The SMILES string of the molecule is CSC1(CNc2ccc(C#N)c(Cl)c2)CC1. The van der Waals surface area contributed by atoms with Crippen LogP contribution in [0.15, 0.2) is 18.2 Å². The van der Waals surface area contributed by atoms with Gasteiger partial charge in [-0.05, 0) is 37.3 Å². The Labute approximate surface area is 105 Å². The first-order valence-corrected chi connectivity index (χ1v) is 6.78. The van der Waals surface area contributed by atoms with Crippen molar-refractivity contribution in [3.05, 3.63) is 28.8 Å². The summed E-state index contributed by atoms with van der Waals surface area (Å²) in [5.41, 5.74) is 1.52. The molecule has 2 nitrogen and oxygen atoms in total. The van der Waals surface area contributed by atoms with Crippen molar-refractivity contribution in [1.29, 1.82) is 5.26 Å². The van der Waals surface area contributed by atoms with E-state index in [1.54, 1.807) is 6.07 Å². The molecule has 0 aromatic heterocycles. The zero-order chi connectivity index (χ0) is 11.6. The van der Waals surface area contributed by atoms with E-state index < -0.39 is 0 Å². The highest BCUT2D eigenvalue weighted by molar-refractivity contribution is 8.00. The van der Waals surface area contributed by atoms with Gasteiger partial charge < -0.3 is 5.32 Å². The maximum Gasteiger partial charge on any atom is 0.101 e. The maximum atomic E-state index is 8.76. The van der Waals surface area contributed by atoms with Crippen LogP contribution in [0.3, 0.4) is 0 Å². The highest BCUT2D eigenvalue weighted by atomic mass is 35.5. The van der Waals surface area contributed by atoms with Crippen LogP contribution in [-0.2, 0) is 0 Å². The Hall–Kier alpha value is -0.850. The first kappa shape index (κ1) is 11.6. The second kappa shape index (κ2) is 4.57. The minimum absolute atomic E-state index is 0.431. The predicted octanol–water partition coefficient (Wildman–Crippen LogP) is 3.52. The number of nitrogens with one attached hydrogen (secondary N) is 1. The number of anilines is 1. The van der Waals surface area contributed by atoms with Gasteiger partial charge in [0, 0.05) is 17.0 Å². The Morgan fingerprint density at radius 1 is 1.56 bits per heavy atom. The number of nitriles is 1. The molecule has 16 heavy (non-hydrogen) atoms. The van der Waals surface area contributed by atoms with Crippen molar-refractivity contribution in [1.82, 2.24) is 0 Å². The summed E-state index contributed by atoms with van der Waals surface area (Å²) in [7, 11) is 0. The molecule has 1 N–H and O–H groups in total. The third kappa shape index (κ3) is 2.45. The highest BCUT2D eigenvalue weighted by Gasteiger charge is 2.41. The lowest BCUT2D eigenvalue weighted by molar-refractivity contribution is 0.949. The average Bonchev–Trinajstić information content (AvgIpc) is 3.07. The summed E-state index contributed by atoms with van der Waals surface area (Å²) >= 11 is 7.88. The Morgan fingerprint density at radius 3 is 2.81 bits per heavy atom. The van der Waals surface area contributed by atoms with E-state index in [1.807, 2.05) is 23.9 Å². The minimum atomic E-state index is 0.431. The molecule has 0 unspecified atom stereocenters. The van der Waals surface area contributed by atoms with Crippen LogP contribution >= 0.6 is 23.4 Å². The Bertz CT molecular complexity index is 435. The molecule has 0 saturated heterocycles. The molecule has 1 aliphatic carbocycles. The molecule has 1 aromatic rings. The van der Waals surface area contributed by atoms with Gasteiger partial charge >= 0.3 is 0 Å². The third-order valence-corrected chi connectivity index (χ3v) is 4.68. The van der Waals surface area contributed by atoms with Gasteiger partial charge in [0.15, 0.2) is 0 Å². The zero-order valence-corrected chi connectivity index (χ0v) is 10.7. The van der Waals surface area contributed by atoms with Crippen molar-refractivity contribution < 1.29 is 0 Å². The van der Waals surface area contributed by atoms with Crippen LogP contribution < -0.4 is 5.32 Å². The van der Waals surface area contributed by atoms with Gasteiger partial charge in [0.25, 0.3) is 0 Å². The fourth-order valence-electron chi connectivity index (χ4n) is 1.57. The Balaban J connectivity index is 2.00. The van der Waals surface area contributed by atoms with Crippen molar-refractivity contribution >= 4 is 29.1 Å². The lowest BCUT2D eigenvalue weighted by Gasteiger charge is -2.14. The molecule has 0 amide bonds. The van der Waals surface area contributed by atoms with Crippen molar-refractivity contribution in [3.8, 4) is 6.07 Å². The smallest absolute Gasteiger partial charge is 0.101 e. The molecule has 1 saturated carbocycles. The molecule has 1 fully saturated rings. The van der Waals surface area contributed by atoms with E-state index in [2.05, 4.69) is 17.6 Å². The molecule has 0 atom stereocenters. The van der Waals surface area contributed by atoms with Crippen LogP contribution in [0.25, 0.3) is 0 Å². The summed E-state index contributed by atoms with van der Waals surface area (Å²) in [4.78, 5) is 0. The van der Waals surface area contributed by atoms with Gasteiger partial charge in [-0.2, -0.15) is 17.0 Å². The lowest BCUT2D eigenvalue weighted by atomic mass is 10.2. The topological polar surface area (TPSA) is 35.8 Å². The van der Waals surface area contributed by atoms with E-state index in [4.69, 9.17) is 16.9 Å². The molecule has 1 aromatic carbocycles. The van der Waals surface area contributed by atoms with E-state index >= 15 is 0 Å². The van der Waals surface area contributed by atoms with Crippen LogP contribution in [0.4, 0.5) is 5.69 Å². The van der Waals surface area contributed by atoms with Gasteiger partial charge in [-0.1, -0.05) is 11.6 Å². The molecule has 0 spiro atoms. The number of rotatable bonds is 4. The van der Waals surface area contributed by atoms with Crippen LogP contribution in [0.2, 0.25) is 5.02 Å². The van der Waals surface area contributed by atoms with Gasteiger partial charge in [-0.3, -0.25) is 0 Å². The number of hydrogen-bond donors (Lipinski definition) is 1. The van der Waals surface area contributed by atoms with E-state index in [-0.39, 0.29) is 0 Å². The second-order valence-corrected chi connectivity index (χ2v) is 5.73. The van der Waals surface area contributed by atoms with Crippen molar-refractivity contribution in [2.24, 2.45) is 0 Å². The summed E-state index contributed by atoms with van der Waals surface area (Å²) in [5, 5.41) is 12.6. The van der Waals surface area contributed by atoms with Crippen LogP contribution in [0.1, 0.15) is 18.4 Å². The van der Waals surface area contributed by atoms with Crippen LogP contribution in [0, 0.1) is 11.3 Å². The first-order chi connectivity index (χ1) is 7.69. The Morgan fingerprint density at radius 2 is 2.31 bits per heavy atom. The number of halogens is 1. The standard InChI is InChI=1S/C12H13ClN2S/c1-16-12(4-5-12)8-15-10-3-2-9(7-14)11(13)6-10/h2-3,6,15H,4-5,8H2,1H3. The summed E-state index contributed by atoms with van der Waals surface area (Å²) < 4.78 is 0.431. The summed E-state index contributed by atoms with van der Waals surface area (Å²) in [6.07, 6.45) is 4.72. The van der Waals surface area contributed by atoms with E-state index in [0.717, 1.165) is 12.2 Å². The van der Waals surface area contributed by atoms with Crippen molar-refractivity contribution in [3.63, 3.8) is 0 Å². The van der Waals surface area contributed by atoms with Gasteiger partial charge in [0.2, 0.25) is 0 Å². The maximum absolute atomic E-state index is 8.76. The summed E-state index contributed by atoms with van der Waals surface area (Å²) in [6.45, 7) is 0.969. The number of hydrogen-bond acceptors (Lipinski definition) is 3. The van der Waals surface area contributed by atoms with Crippen molar-refractivity contribution in [2.45, 2.75) is 17.6 Å². The summed E-state index contributed by atoms with van der Waals surface area (Å²) in [6, 6.07) is 7.53. The van der Waals surface area contributed by atoms with Gasteiger partial charge in [-0.25, -0.2) is 0 Å². The molecule has 2 rings (SSSR count). The first-order valence-electron chi connectivity index (χ1n) is 5.18. The van der Waals surface area contributed by atoms with Crippen LogP contribution in [-0.4, -0.2) is 17.5 Å². The number of thioether (sulfide) groups is 1. The number of benzene rings is 1. The third-order valence-electron chi connectivity index (χ3n) is 2.94. The molecule has 84 valence electrons. The monoisotopic (exact) mass is 252 g/mol. The van der Waals surface area contributed by atoms with E-state index in [0.29, 0.717) is 15.3 Å². The molecule has 0 bridgehead atoms. The molecule has 0 aliphatic heterocycles. The van der Waals surface area contributed by atoms with Gasteiger partial charge in [0.05, 0.1) is 10.6 Å². The fourth-order valence-corrected chi connectivity index (χ4v) is 2.52. The minimum Gasteiger partial charge on any atom is -0.384 e. The number of nitrogens with zero attached hydrogens (tertiary/aromatic N) is 1. The molecule has 4 heteroatoms. The quantitative estimate of drug-likeness (QED) is 0.891. The van der Waals surface area contributed by atoms with Crippen LogP contribution in [0.5, 0.6) is 0 Å².